The predicted molar refractivity (Wildman–Crippen MR) is 126 cm³/mol. The number of piperazine rings is 1. The number of anilines is 1. The molecule has 0 aliphatic carbocycles. The van der Waals surface area contributed by atoms with Crippen molar-refractivity contribution in [3.8, 4) is 0 Å². The van der Waals surface area contributed by atoms with Gasteiger partial charge in [-0.1, -0.05) is 0 Å². The molecule has 5 heterocycles. The van der Waals surface area contributed by atoms with Crippen molar-refractivity contribution in [2.45, 2.75) is 43.9 Å². The molecule has 3 saturated heterocycles. The molecule has 1 amide bonds. The lowest BCUT2D eigenvalue weighted by Crippen LogP contribution is -2.46. The highest BCUT2D eigenvalue weighted by molar-refractivity contribution is 5.77. The van der Waals surface area contributed by atoms with Crippen molar-refractivity contribution >= 4 is 17.8 Å². The molecular formula is C24H34F3N5O5. The van der Waals surface area contributed by atoms with E-state index in [1.807, 2.05) is 11.1 Å². The second-order valence-electron chi connectivity index (χ2n) is 10.2. The minimum atomic E-state index is -5.08. The Balaban J connectivity index is 0.000000405. The lowest BCUT2D eigenvalue weighted by Gasteiger charge is -2.36. The first kappa shape index (κ1) is 27.5. The van der Waals surface area contributed by atoms with Crippen LogP contribution in [0.5, 0.6) is 0 Å². The fourth-order valence-electron chi connectivity index (χ4n) is 5.27. The number of carboxylic acid groups (broad SMARTS) is 1. The van der Waals surface area contributed by atoms with Gasteiger partial charge in [0, 0.05) is 70.7 Å². The normalized spacial score (nSPS) is 25.0. The third-order valence-electron chi connectivity index (χ3n) is 7.53. The van der Waals surface area contributed by atoms with Gasteiger partial charge >= 0.3 is 12.1 Å². The molecule has 4 aliphatic rings. The van der Waals surface area contributed by atoms with Crippen molar-refractivity contribution < 1.29 is 37.3 Å². The topological polar surface area (TPSA) is 108 Å². The lowest BCUT2D eigenvalue weighted by molar-refractivity contribution is -0.192. The average molecular weight is 530 g/mol. The molecule has 1 atom stereocenters. The van der Waals surface area contributed by atoms with Crippen LogP contribution in [-0.4, -0.2) is 109 Å². The predicted octanol–water partition coefficient (Wildman–Crippen LogP) is 1.68. The molecule has 4 aliphatic heterocycles. The van der Waals surface area contributed by atoms with Crippen LogP contribution in [0.3, 0.4) is 0 Å². The van der Waals surface area contributed by atoms with E-state index >= 15 is 0 Å². The standard InChI is InChI=1S/C22H33N5O3.C2HF3O2/c1-25-6-8-26(9-7-25)21-23-13-18-14-30-16-22(20(18)24-21)4-5-27(15-22)19(28)12-17-2-10-29-11-3-17;3-2(4,5)1(6)7/h13,17H,2-12,14-16H2,1H3;(H,6,7). The van der Waals surface area contributed by atoms with Crippen molar-refractivity contribution in [1.29, 1.82) is 0 Å². The molecule has 1 spiro atoms. The van der Waals surface area contributed by atoms with Gasteiger partial charge in [0.15, 0.2) is 0 Å². The van der Waals surface area contributed by atoms with E-state index in [1.165, 1.54) is 0 Å². The van der Waals surface area contributed by atoms with Gasteiger partial charge in [0.2, 0.25) is 11.9 Å². The van der Waals surface area contributed by atoms with E-state index in [2.05, 4.69) is 21.8 Å². The highest BCUT2D eigenvalue weighted by atomic mass is 19.4. The van der Waals surface area contributed by atoms with E-state index < -0.39 is 12.1 Å². The van der Waals surface area contributed by atoms with Crippen molar-refractivity contribution in [2.24, 2.45) is 5.92 Å². The summed E-state index contributed by atoms with van der Waals surface area (Å²) < 4.78 is 43.1. The van der Waals surface area contributed by atoms with Crippen LogP contribution in [0.25, 0.3) is 0 Å². The molecule has 1 N–H and O–H groups in total. The van der Waals surface area contributed by atoms with Gasteiger partial charge in [0.05, 0.1) is 24.3 Å². The van der Waals surface area contributed by atoms with Crippen LogP contribution in [0.15, 0.2) is 6.20 Å². The summed E-state index contributed by atoms with van der Waals surface area (Å²) in [5, 5.41) is 7.12. The van der Waals surface area contributed by atoms with Crippen molar-refractivity contribution in [3.05, 3.63) is 17.5 Å². The van der Waals surface area contributed by atoms with Gasteiger partial charge in [-0.15, -0.1) is 0 Å². The summed E-state index contributed by atoms with van der Waals surface area (Å²) in [5.74, 6) is -1.19. The fourth-order valence-corrected chi connectivity index (χ4v) is 5.27. The number of likely N-dealkylation sites (tertiary alicyclic amines) is 1. The molecule has 0 aromatic carbocycles. The van der Waals surface area contributed by atoms with E-state index in [0.29, 0.717) is 32.1 Å². The van der Waals surface area contributed by atoms with E-state index in [4.69, 9.17) is 24.4 Å². The molecule has 10 nitrogen and oxygen atoms in total. The summed E-state index contributed by atoms with van der Waals surface area (Å²) in [6.45, 7) is 8.25. The van der Waals surface area contributed by atoms with Crippen LogP contribution < -0.4 is 4.90 Å². The van der Waals surface area contributed by atoms with E-state index in [9.17, 15) is 18.0 Å². The SMILES string of the molecule is CN1CCN(c2ncc3c(n2)C2(CCN(C(=O)CC4CCOCC4)C2)COC3)CC1.O=C(O)C(F)(F)F. The Labute approximate surface area is 213 Å². The Hall–Kier alpha value is -2.51. The largest absolute Gasteiger partial charge is 0.490 e. The molecule has 0 bridgehead atoms. The van der Waals surface area contributed by atoms with Crippen LogP contribution in [-0.2, 0) is 31.1 Å². The highest BCUT2D eigenvalue weighted by Crippen LogP contribution is 2.40. The first-order valence-corrected chi connectivity index (χ1v) is 12.6. The number of carboxylic acids is 1. The van der Waals surface area contributed by atoms with Gasteiger partial charge in [-0.25, -0.2) is 14.8 Å². The molecule has 3 fully saturated rings. The maximum atomic E-state index is 13.0. The Bertz CT molecular complexity index is 967. The third-order valence-corrected chi connectivity index (χ3v) is 7.53. The number of carbonyl (C=O) groups excluding carboxylic acids is 1. The molecule has 0 saturated carbocycles. The van der Waals surface area contributed by atoms with E-state index in [1.54, 1.807) is 0 Å². The van der Waals surface area contributed by atoms with Gasteiger partial charge < -0.3 is 29.3 Å². The van der Waals surface area contributed by atoms with E-state index in [0.717, 1.165) is 82.4 Å². The monoisotopic (exact) mass is 529 g/mol. The molecule has 1 unspecified atom stereocenters. The van der Waals surface area contributed by atoms with Gasteiger partial charge in [-0.2, -0.15) is 13.2 Å². The van der Waals surface area contributed by atoms with Crippen LogP contribution in [0, 0.1) is 5.92 Å². The maximum absolute atomic E-state index is 13.0. The van der Waals surface area contributed by atoms with Crippen molar-refractivity contribution in [2.75, 3.05) is 71.0 Å². The van der Waals surface area contributed by atoms with Gasteiger partial charge in [-0.05, 0) is 32.2 Å². The molecular weight excluding hydrogens is 495 g/mol. The molecule has 1 aromatic heterocycles. The molecule has 0 radical (unpaired) electrons. The Morgan fingerprint density at radius 3 is 2.46 bits per heavy atom. The number of fused-ring (bicyclic) bond motifs is 2. The first-order valence-electron chi connectivity index (χ1n) is 12.6. The smallest absolute Gasteiger partial charge is 0.475 e. The second kappa shape index (κ2) is 11.5. The quantitative estimate of drug-likeness (QED) is 0.626. The average Bonchev–Trinajstić information content (AvgIpc) is 3.30. The van der Waals surface area contributed by atoms with Crippen LogP contribution in [0.1, 0.15) is 36.9 Å². The highest BCUT2D eigenvalue weighted by Gasteiger charge is 2.46. The molecule has 206 valence electrons. The Morgan fingerprint density at radius 1 is 1.14 bits per heavy atom. The van der Waals surface area contributed by atoms with Crippen LogP contribution in [0.2, 0.25) is 0 Å². The molecule has 1 aromatic rings. The van der Waals surface area contributed by atoms with Crippen LogP contribution in [0.4, 0.5) is 19.1 Å². The Kier molecular flexibility index (Phi) is 8.54. The second-order valence-corrected chi connectivity index (χ2v) is 10.2. The Morgan fingerprint density at radius 2 is 1.81 bits per heavy atom. The van der Waals surface area contributed by atoms with Crippen LogP contribution >= 0.6 is 0 Å². The fraction of sp³-hybridized carbons (Fsp3) is 0.750. The minimum Gasteiger partial charge on any atom is -0.475 e. The number of halogens is 3. The van der Waals surface area contributed by atoms with Crippen molar-refractivity contribution in [1.82, 2.24) is 19.8 Å². The molecule has 37 heavy (non-hydrogen) atoms. The number of carbonyl (C=O) groups is 2. The first-order chi connectivity index (χ1) is 17.6. The zero-order chi connectivity index (χ0) is 26.6. The number of nitrogens with zero attached hydrogens (tertiary/aromatic N) is 5. The van der Waals surface area contributed by atoms with Crippen molar-refractivity contribution in [3.63, 3.8) is 0 Å². The number of aromatic nitrogens is 2. The molecule has 13 heteroatoms. The minimum absolute atomic E-state index is 0.191. The maximum Gasteiger partial charge on any atom is 0.490 e. The summed E-state index contributed by atoms with van der Waals surface area (Å²) >= 11 is 0. The number of hydrogen-bond acceptors (Lipinski definition) is 8. The summed E-state index contributed by atoms with van der Waals surface area (Å²) in [6, 6.07) is 0. The molecule has 5 rings (SSSR count). The number of likely N-dealkylation sites (N-methyl/N-ethyl adjacent to an activating group) is 1. The van der Waals surface area contributed by atoms with E-state index in [-0.39, 0.29) is 11.3 Å². The zero-order valence-corrected chi connectivity index (χ0v) is 21.0. The number of hydrogen-bond donors (Lipinski definition) is 1. The van der Waals surface area contributed by atoms with Gasteiger partial charge in [0.1, 0.15) is 0 Å². The van der Waals surface area contributed by atoms with Gasteiger partial charge in [-0.3, -0.25) is 4.79 Å². The lowest BCUT2D eigenvalue weighted by atomic mass is 9.80. The summed E-state index contributed by atoms with van der Waals surface area (Å²) in [5.41, 5.74) is 2.00. The summed E-state index contributed by atoms with van der Waals surface area (Å²) in [7, 11) is 2.15. The number of aliphatic carboxylic acids is 1. The van der Waals surface area contributed by atoms with Gasteiger partial charge in [0.25, 0.3) is 0 Å². The number of alkyl halides is 3. The number of ether oxygens (including phenoxy) is 2. The number of rotatable bonds is 3. The number of amides is 1. The summed E-state index contributed by atoms with van der Waals surface area (Å²) in [4.78, 5) is 38.3. The zero-order valence-electron chi connectivity index (χ0n) is 21.0. The summed E-state index contributed by atoms with van der Waals surface area (Å²) in [6.07, 6.45) is 0.419. The third kappa shape index (κ3) is 6.68.